The zero-order valence-corrected chi connectivity index (χ0v) is 10.4. The predicted octanol–water partition coefficient (Wildman–Crippen LogP) is 0.907. The Morgan fingerprint density at radius 3 is 2.24 bits per heavy atom. The number of hydrogen-bond acceptors (Lipinski definition) is 3. The first-order chi connectivity index (χ1) is 7.81. The van der Waals surface area contributed by atoms with Crippen molar-refractivity contribution in [2.75, 3.05) is 0 Å². The van der Waals surface area contributed by atoms with Crippen molar-refractivity contribution < 1.29 is 19.8 Å². The van der Waals surface area contributed by atoms with Gasteiger partial charge in [0.05, 0.1) is 11.5 Å². The molecule has 0 bridgehead atoms. The Hall–Kier alpha value is -1.10. The van der Waals surface area contributed by atoms with Gasteiger partial charge >= 0.3 is 5.97 Å². The first-order valence-corrected chi connectivity index (χ1v) is 6.02. The number of aliphatic hydroxyl groups excluding tert-OH is 1. The fourth-order valence-electron chi connectivity index (χ4n) is 1.98. The maximum Gasteiger partial charge on any atom is 0.309 e. The van der Waals surface area contributed by atoms with E-state index in [-0.39, 0.29) is 24.5 Å². The minimum atomic E-state index is -1.03. The molecule has 1 rings (SSSR count). The molecule has 0 saturated heterocycles. The fourth-order valence-corrected chi connectivity index (χ4v) is 1.98. The van der Waals surface area contributed by atoms with E-state index in [1.165, 1.54) is 0 Å². The molecular formula is C12H21NO4. The van der Waals surface area contributed by atoms with Crippen molar-refractivity contribution in [2.24, 2.45) is 5.41 Å². The minimum absolute atomic E-state index is 0.0125. The third-order valence-corrected chi connectivity index (χ3v) is 3.24. The monoisotopic (exact) mass is 243 g/mol. The van der Waals surface area contributed by atoms with E-state index >= 15 is 0 Å². The lowest BCUT2D eigenvalue weighted by Gasteiger charge is -2.27. The molecule has 0 unspecified atom stereocenters. The normalized spacial score (nSPS) is 25.4. The van der Waals surface area contributed by atoms with E-state index in [1.54, 1.807) is 13.8 Å². The number of nitrogens with one attached hydrogen (secondary N) is 1. The van der Waals surface area contributed by atoms with Crippen molar-refractivity contribution in [3.63, 3.8) is 0 Å². The van der Waals surface area contributed by atoms with Crippen molar-refractivity contribution in [3.05, 3.63) is 0 Å². The van der Waals surface area contributed by atoms with Crippen molar-refractivity contribution in [1.82, 2.24) is 5.32 Å². The van der Waals surface area contributed by atoms with Crippen LogP contribution in [0.3, 0.4) is 0 Å². The molecule has 5 nitrogen and oxygen atoms in total. The third-order valence-electron chi connectivity index (χ3n) is 3.24. The summed E-state index contributed by atoms with van der Waals surface area (Å²) in [4.78, 5) is 22.6. The molecule has 0 atom stereocenters. The van der Waals surface area contributed by atoms with Crippen LogP contribution in [0.1, 0.15) is 46.0 Å². The molecule has 1 saturated carbocycles. The van der Waals surface area contributed by atoms with Gasteiger partial charge in [0.1, 0.15) is 0 Å². The molecule has 1 fully saturated rings. The summed E-state index contributed by atoms with van der Waals surface area (Å²) < 4.78 is 0. The Morgan fingerprint density at radius 2 is 1.76 bits per heavy atom. The number of carbonyl (C=O) groups excluding carboxylic acids is 1. The van der Waals surface area contributed by atoms with E-state index in [2.05, 4.69) is 5.32 Å². The van der Waals surface area contributed by atoms with E-state index < -0.39 is 11.4 Å². The van der Waals surface area contributed by atoms with E-state index in [9.17, 15) is 14.7 Å². The summed E-state index contributed by atoms with van der Waals surface area (Å²) in [5.74, 6) is -1.19. The molecule has 1 aliphatic rings. The average molecular weight is 243 g/mol. The maximum atomic E-state index is 11.7. The molecular weight excluding hydrogens is 222 g/mol. The summed E-state index contributed by atoms with van der Waals surface area (Å²) in [5.41, 5.74) is -1.03. The van der Waals surface area contributed by atoms with E-state index in [4.69, 9.17) is 5.11 Å². The van der Waals surface area contributed by atoms with Crippen molar-refractivity contribution in [1.29, 1.82) is 0 Å². The van der Waals surface area contributed by atoms with Crippen LogP contribution in [0, 0.1) is 5.41 Å². The fraction of sp³-hybridized carbons (Fsp3) is 0.833. The SMILES string of the molecule is CC(C)(CC(=O)NC1CCC(O)CC1)C(=O)O. The molecule has 5 heteroatoms. The number of amides is 1. The number of hydrogen-bond donors (Lipinski definition) is 3. The smallest absolute Gasteiger partial charge is 0.309 e. The third kappa shape index (κ3) is 4.34. The van der Waals surface area contributed by atoms with E-state index in [0.717, 1.165) is 12.8 Å². The number of carboxylic acids is 1. The largest absolute Gasteiger partial charge is 0.481 e. The van der Waals surface area contributed by atoms with Crippen molar-refractivity contribution in [3.8, 4) is 0 Å². The Morgan fingerprint density at radius 1 is 1.24 bits per heavy atom. The lowest BCUT2D eigenvalue weighted by atomic mass is 9.88. The number of carbonyl (C=O) groups is 2. The summed E-state index contributed by atoms with van der Waals surface area (Å²) in [6.07, 6.45) is 2.67. The topological polar surface area (TPSA) is 86.6 Å². The van der Waals surface area contributed by atoms with E-state index in [1.807, 2.05) is 0 Å². The second-order valence-corrected chi connectivity index (χ2v) is 5.44. The van der Waals surface area contributed by atoms with Gasteiger partial charge in [0, 0.05) is 12.5 Å². The van der Waals surface area contributed by atoms with Crippen LogP contribution in [0.5, 0.6) is 0 Å². The quantitative estimate of drug-likeness (QED) is 0.685. The molecule has 0 aromatic rings. The van der Waals surface area contributed by atoms with Crippen LogP contribution in [0.4, 0.5) is 0 Å². The Balaban J connectivity index is 2.37. The summed E-state index contributed by atoms with van der Waals surface area (Å²) in [5, 5.41) is 21.1. The molecule has 0 aliphatic heterocycles. The maximum absolute atomic E-state index is 11.7. The second kappa shape index (κ2) is 5.49. The summed E-state index contributed by atoms with van der Waals surface area (Å²) in [6, 6.07) is 0.0792. The predicted molar refractivity (Wildman–Crippen MR) is 62.4 cm³/mol. The van der Waals surface area contributed by atoms with Crippen LogP contribution in [-0.4, -0.2) is 34.2 Å². The van der Waals surface area contributed by atoms with Gasteiger partial charge in [-0.3, -0.25) is 9.59 Å². The van der Waals surface area contributed by atoms with Gasteiger partial charge in [-0.25, -0.2) is 0 Å². The van der Waals surface area contributed by atoms with Gasteiger partial charge in [-0.15, -0.1) is 0 Å². The van der Waals surface area contributed by atoms with Gasteiger partial charge in [0.2, 0.25) is 5.91 Å². The molecule has 0 aromatic carbocycles. The average Bonchev–Trinajstić information content (AvgIpc) is 2.20. The second-order valence-electron chi connectivity index (χ2n) is 5.44. The Kier molecular flexibility index (Phi) is 4.51. The number of aliphatic carboxylic acids is 1. The highest BCUT2D eigenvalue weighted by Crippen LogP contribution is 2.22. The van der Waals surface area contributed by atoms with Gasteiger partial charge in [0.25, 0.3) is 0 Å². The Labute approximate surface area is 101 Å². The van der Waals surface area contributed by atoms with Gasteiger partial charge < -0.3 is 15.5 Å². The standard InChI is InChI=1S/C12H21NO4/c1-12(2,11(16)17)7-10(15)13-8-3-5-9(14)6-4-8/h8-9,14H,3-7H2,1-2H3,(H,13,15)(H,16,17). The molecule has 0 radical (unpaired) electrons. The highest BCUT2D eigenvalue weighted by molar-refractivity contribution is 5.84. The molecule has 0 spiro atoms. The minimum Gasteiger partial charge on any atom is -0.481 e. The Bertz CT molecular complexity index is 293. The van der Waals surface area contributed by atoms with Crippen molar-refractivity contribution in [2.45, 2.75) is 58.1 Å². The molecule has 1 amide bonds. The van der Waals surface area contributed by atoms with Crippen molar-refractivity contribution >= 4 is 11.9 Å². The van der Waals surface area contributed by atoms with Gasteiger partial charge in [0.15, 0.2) is 0 Å². The summed E-state index contributed by atoms with van der Waals surface area (Å²) in [7, 11) is 0. The lowest BCUT2D eigenvalue weighted by Crippen LogP contribution is -2.41. The molecule has 98 valence electrons. The first kappa shape index (κ1) is 14.0. The molecule has 0 aromatic heterocycles. The lowest BCUT2D eigenvalue weighted by molar-refractivity contribution is -0.149. The van der Waals surface area contributed by atoms with Gasteiger partial charge in [-0.2, -0.15) is 0 Å². The first-order valence-electron chi connectivity index (χ1n) is 6.02. The van der Waals surface area contributed by atoms with Crippen LogP contribution < -0.4 is 5.32 Å². The summed E-state index contributed by atoms with van der Waals surface area (Å²) in [6.45, 7) is 3.08. The number of carboxylic acid groups (broad SMARTS) is 1. The van der Waals surface area contributed by atoms with Gasteiger partial charge in [-0.05, 0) is 39.5 Å². The molecule has 17 heavy (non-hydrogen) atoms. The number of rotatable bonds is 4. The van der Waals surface area contributed by atoms with Crippen LogP contribution in [0.25, 0.3) is 0 Å². The van der Waals surface area contributed by atoms with Crippen LogP contribution >= 0.6 is 0 Å². The van der Waals surface area contributed by atoms with Crippen LogP contribution in [0.2, 0.25) is 0 Å². The van der Waals surface area contributed by atoms with Gasteiger partial charge in [-0.1, -0.05) is 0 Å². The summed E-state index contributed by atoms with van der Waals surface area (Å²) >= 11 is 0. The van der Waals surface area contributed by atoms with Crippen LogP contribution in [0.15, 0.2) is 0 Å². The zero-order chi connectivity index (χ0) is 13.1. The van der Waals surface area contributed by atoms with Crippen LogP contribution in [-0.2, 0) is 9.59 Å². The highest BCUT2D eigenvalue weighted by Gasteiger charge is 2.31. The molecule has 1 aliphatic carbocycles. The molecule has 0 heterocycles. The van der Waals surface area contributed by atoms with E-state index in [0.29, 0.717) is 12.8 Å². The number of aliphatic hydroxyl groups is 1. The zero-order valence-electron chi connectivity index (χ0n) is 10.4. The molecule has 3 N–H and O–H groups in total. The highest BCUT2D eigenvalue weighted by atomic mass is 16.4.